The Morgan fingerprint density at radius 1 is 1.29 bits per heavy atom. The average Bonchev–Trinajstić information content (AvgIpc) is 3.00. The quantitative estimate of drug-likeness (QED) is 0.870. The first kappa shape index (κ1) is 10.5. The minimum atomic E-state index is 0.472. The van der Waals surface area contributed by atoms with Crippen molar-refractivity contribution in [3.8, 4) is 0 Å². The van der Waals surface area contributed by atoms with Gasteiger partial charge in [-0.1, -0.05) is 0 Å². The lowest BCUT2D eigenvalue weighted by Crippen LogP contribution is -2.17. The Bertz CT molecular complexity index is 471. The van der Waals surface area contributed by atoms with Gasteiger partial charge in [0.25, 0.3) is 0 Å². The number of hydrogen-bond acceptors (Lipinski definition) is 3. The molecule has 0 aromatic carbocycles. The van der Waals surface area contributed by atoms with E-state index in [-0.39, 0.29) is 0 Å². The van der Waals surface area contributed by atoms with Crippen LogP contribution in [0.5, 0.6) is 0 Å². The molecule has 0 amide bonds. The molecule has 4 heteroatoms. The highest BCUT2D eigenvalue weighted by Gasteiger charge is 2.19. The summed E-state index contributed by atoms with van der Waals surface area (Å²) >= 11 is 0. The normalized spacial score (nSPS) is 19.6. The fourth-order valence-corrected chi connectivity index (χ4v) is 2.38. The van der Waals surface area contributed by atoms with Gasteiger partial charge in [0.2, 0.25) is 0 Å². The van der Waals surface area contributed by atoms with Crippen molar-refractivity contribution in [1.29, 1.82) is 0 Å². The molecule has 88 valence electrons. The number of nitrogens with zero attached hydrogens (tertiary/aromatic N) is 3. The van der Waals surface area contributed by atoms with Crippen molar-refractivity contribution in [1.82, 2.24) is 19.9 Å². The van der Waals surface area contributed by atoms with Crippen LogP contribution in [0.1, 0.15) is 30.1 Å². The topological polar surface area (TPSA) is 42.7 Å². The second-order valence-electron chi connectivity index (χ2n) is 4.45. The third-order valence-corrected chi connectivity index (χ3v) is 3.26. The second-order valence-corrected chi connectivity index (χ2v) is 4.45. The Balaban J connectivity index is 1.81. The molecule has 0 bridgehead atoms. The highest BCUT2D eigenvalue weighted by Crippen LogP contribution is 2.23. The van der Waals surface area contributed by atoms with E-state index in [0.717, 1.165) is 13.1 Å². The van der Waals surface area contributed by atoms with Crippen LogP contribution in [0.2, 0.25) is 0 Å². The van der Waals surface area contributed by atoms with Crippen molar-refractivity contribution < 1.29 is 0 Å². The predicted octanol–water partition coefficient (Wildman–Crippen LogP) is 1.75. The van der Waals surface area contributed by atoms with Crippen LogP contribution in [0, 0.1) is 0 Å². The first-order valence-corrected chi connectivity index (χ1v) is 6.06. The van der Waals surface area contributed by atoms with Crippen LogP contribution in [-0.2, 0) is 6.54 Å². The van der Waals surface area contributed by atoms with Gasteiger partial charge in [0.15, 0.2) is 0 Å². The first-order chi connectivity index (χ1) is 8.43. The predicted molar refractivity (Wildman–Crippen MR) is 65.5 cm³/mol. The zero-order valence-electron chi connectivity index (χ0n) is 9.71. The van der Waals surface area contributed by atoms with Crippen molar-refractivity contribution in [2.45, 2.75) is 25.4 Å². The van der Waals surface area contributed by atoms with E-state index < -0.39 is 0 Å². The van der Waals surface area contributed by atoms with Gasteiger partial charge in [-0.3, -0.25) is 4.98 Å². The number of nitrogens with one attached hydrogen (secondary N) is 1. The van der Waals surface area contributed by atoms with Crippen LogP contribution in [-0.4, -0.2) is 21.1 Å². The number of aromatic nitrogens is 3. The molecule has 0 aliphatic carbocycles. The van der Waals surface area contributed by atoms with Crippen molar-refractivity contribution in [2.24, 2.45) is 0 Å². The van der Waals surface area contributed by atoms with Crippen LogP contribution in [0.25, 0.3) is 0 Å². The summed E-state index contributed by atoms with van der Waals surface area (Å²) in [5.41, 5.74) is 2.55. The summed E-state index contributed by atoms with van der Waals surface area (Å²) in [5.74, 6) is 0. The Labute approximate surface area is 101 Å². The van der Waals surface area contributed by atoms with E-state index in [1.54, 1.807) is 0 Å². The van der Waals surface area contributed by atoms with Gasteiger partial charge in [-0.05, 0) is 37.1 Å². The Kier molecular flexibility index (Phi) is 2.88. The summed E-state index contributed by atoms with van der Waals surface area (Å²) in [6, 6.07) is 4.57. The molecule has 3 heterocycles. The summed E-state index contributed by atoms with van der Waals surface area (Å²) < 4.78 is 2.22. The van der Waals surface area contributed by atoms with Gasteiger partial charge in [-0.2, -0.15) is 0 Å². The van der Waals surface area contributed by atoms with Gasteiger partial charge < -0.3 is 9.88 Å². The minimum Gasteiger partial charge on any atom is -0.329 e. The molecule has 0 saturated carbocycles. The Morgan fingerprint density at radius 2 is 2.18 bits per heavy atom. The monoisotopic (exact) mass is 228 g/mol. The number of rotatable bonds is 3. The number of imidazole rings is 1. The lowest BCUT2D eigenvalue weighted by molar-refractivity contribution is 0.584. The molecule has 1 N–H and O–H groups in total. The highest BCUT2D eigenvalue weighted by atomic mass is 15.1. The van der Waals surface area contributed by atoms with Gasteiger partial charge in [-0.15, -0.1) is 0 Å². The molecule has 1 saturated heterocycles. The van der Waals surface area contributed by atoms with E-state index in [1.807, 2.05) is 37.1 Å². The molecule has 1 aliphatic heterocycles. The van der Waals surface area contributed by atoms with Crippen LogP contribution in [0.3, 0.4) is 0 Å². The molecular weight excluding hydrogens is 212 g/mol. The molecule has 0 spiro atoms. The highest BCUT2D eigenvalue weighted by molar-refractivity contribution is 5.14. The van der Waals surface area contributed by atoms with E-state index in [2.05, 4.69) is 19.9 Å². The maximum atomic E-state index is 4.27. The van der Waals surface area contributed by atoms with Gasteiger partial charge in [-0.25, -0.2) is 4.98 Å². The molecule has 3 rings (SSSR count). The second kappa shape index (κ2) is 4.67. The molecule has 1 fully saturated rings. The van der Waals surface area contributed by atoms with Crippen molar-refractivity contribution in [3.05, 3.63) is 48.3 Å². The first-order valence-electron chi connectivity index (χ1n) is 6.06. The fraction of sp³-hybridized carbons (Fsp3) is 0.385. The third-order valence-electron chi connectivity index (χ3n) is 3.26. The van der Waals surface area contributed by atoms with Crippen LogP contribution < -0.4 is 5.32 Å². The molecule has 0 radical (unpaired) electrons. The zero-order chi connectivity index (χ0) is 11.5. The standard InChI is InChI=1S/C13H16N4/c1-2-12(16-5-1)13-8-15-10-17(13)9-11-3-6-14-7-4-11/h3-4,6-8,10,12,16H,1-2,5,9H2. The van der Waals surface area contributed by atoms with Crippen molar-refractivity contribution >= 4 is 0 Å². The maximum absolute atomic E-state index is 4.27. The van der Waals surface area contributed by atoms with Crippen molar-refractivity contribution in [2.75, 3.05) is 6.54 Å². The number of hydrogen-bond donors (Lipinski definition) is 1. The molecular formula is C13H16N4. The molecule has 2 aromatic rings. The molecule has 2 aromatic heterocycles. The molecule has 1 atom stereocenters. The SMILES string of the molecule is c1cc(Cn2cncc2C2CCCN2)ccn1. The third kappa shape index (κ3) is 2.22. The molecule has 4 nitrogen and oxygen atoms in total. The van der Waals surface area contributed by atoms with E-state index in [9.17, 15) is 0 Å². The van der Waals surface area contributed by atoms with Gasteiger partial charge in [0, 0.05) is 31.2 Å². The fourth-order valence-electron chi connectivity index (χ4n) is 2.38. The van der Waals surface area contributed by atoms with Crippen molar-refractivity contribution in [3.63, 3.8) is 0 Å². The van der Waals surface area contributed by atoms with Gasteiger partial charge in [0.05, 0.1) is 12.0 Å². The zero-order valence-corrected chi connectivity index (χ0v) is 9.71. The average molecular weight is 228 g/mol. The van der Waals surface area contributed by atoms with Crippen LogP contribution >= 0.6 is 0 Å². The summed E-state index contributed by atoms with van der Waals surface area (Å²) in [6.45, 7) is 1.99. The smallest absolute Gasteiger partial charge is 0.0951 e. The maximum Gasteiger partial charge on any atom is 0.0951 e. The lowest BCUT2D eigenvalue weighted by Gasteiger charge is -2.13. The van der Waals surface area contributed by atoms with E-state index in [1.165, 1.54) is 24.1 Å². The van der Waals surface area contributed by atoms with Crippen LogP contribution in [0.15, 0.2) is 37.1 Å². The van der Waals surface area contributed by atoms with Gasteiger partial charge >= 0.3 is 0 Å². The molecule has 1 aliphatic rings. The van der Waals surface area contributed by atoms with Crippen LogP contribution in [0.4, 0.5) is 0 Å². The Hall–Kier alpha value is -1.68. The largest absolute Gasteiger partial charge is 0.329 e. The van der Waals surface area contributed by atoms with E-state index >= 15 is 0 Å². The summed E-state index contributed by atoms with van der Waals surface area (Å²) in [5, 5.41) is 3.51. The molecule has 1 unspecified atom stereocenters. The minimum absolute atomic E-state index is 0.472. The van der Waals surface area contributed by atoms with E-state index in [4.69, 9.17) is 0 Å². The Morgan fingerprint density at radius 3 is 2.94 bits per heavy atom. The summed E-state index contributed by atoms with van der Waals surface area (Å²) in [6.07, 6.45) is 10.0. The summed E-state index contributed by atoms with van der Waals surface area (Å²) in [4.78, 5) is 8.31. The van der Waals surface area contributed by atoms with E-state index in [0.29, 0.717) is 6.04 Å². The molecule has 17 heavy (non-hydrogen) atoms. The van der Waals surface area contributed by atoms with Gasteiger partial charge in [0.1, 0.15) is 0 Å². The number of pyridine rings is 1. The lowest BCUT2D eigenvalue weighted by atomic mass is 10.1. The summed E-state index contributed by atoms with van der Waals surface area (Å²) in [7, 11) is 0.